The Kier molecular flexibility index (Phi) is 3.03. The summed E-state index contributed by atoms with van der Waals surface area (Å²) in [7, 11) is 0. The molecule has 0 saturated heterocycles. The number of aromatic nitrogens is 4. The minimum atomic E-state index is 0.334. The molecule has 1 aromatic heterocycles. The van der Waals surface area contributed by atoms with Crippen LogP contribution in [0, 0.1) is 0 Å². The molecule has 0 bridgehead atoms. The average molecular weight is 267 g/mol. The van der Waals surface area contributed by atoms with E-state index in [1.165, 1.54) is 0 Å². The number of hydrogen-bond donors (Lipinski definition) is 2. The van der Waals surface area contributed by atoms with Gasteiger partial charge in [-0.05, 0) is 22.9 Å². The van der Waals surface area contributed by atoms with Crippen molar-refractivity contribution in [2.24, 2.45) is 5.10 Å². The summed E-state index contributed by atoms with van der Waals surface area (Å²) in [4.78, 5) is 0. The van der Waals surface area contributed by atoms with E-state index in [1.54, 1.807) is 6.21 Å². The van der Waals surface area contributed by atoms with Gasteiger partial charge in [0.1, 0.15) is 0 Å². The van der Waals surface area contributed by atoms with Crippen LogP contribution < -0.4 is 5.43 Å². The predicted molar refractivity (Wildman–Crippen MR) is 59.5 cm³/mol. The second-order valence-electron chi connectivity index (χ2n) is 2.66. The number of benzene rings is 1. The molecule has 1 heterocycles. The van der Waals surface area contributed by atoms with E-state index >= 15 is 0 Å². The van der Waals surface area contributed by atoms with Crippen LogP contribution in [0.2, 0.25) is 0 Å². The first-order chi connectivity index (χ1) is 7.34. The maximum Gasteiger partial charge on any atom is 0.283 e. The molecule has 0 aliphatic rings. The Bertz CT molecular complexity index is 452. The van der Waals surface area contributed by atoms with Crippen molar-refractivity contribution in [2.45, 2.75) is 0 Å². The number of nitrogens with one attached hydrogen (secondary N) is 2. The highest BCUT2D eigenvalue weighted by atomic mass is 79.9. The summed E-state index contributed by atoms with van der Waals surface area (Å²) < 4.78 is 1.01. The highest BCUT2D eigenvalue weighted by molar-refractivity contribution is 9.10. The Morgan fingerprint density at radius 1 is 1.47 bits per heavy atom. The van der Waals surface area contributed by atoms with Gasteiger partial charge in [-0.25, -0.2) is 5.43 Å². The molecule has 0 spiro atoms. The highest BCUT2D eigenvalue weighted by Crippen LogP contribution is 2.09. The van der Waals surface area contributed by atoms with Crippen molar-refractivity contribution in [3.8, 4) is 0 Å². The van der Waals surface area contributed by atoms with Gasteiger partial charge in [-0.15, -0.1) is 5.10 Å². The quantitative estimate of drug-likeness (QED) is 0.651. The standard InChI is InChI=1S/C8H7BrN6/c9-7-3-1-2-6(4-7)5-10-11-8-12-14-15-13-8/h1-5H,(H2,11,12,13,14,15). The molecule has 2 aromatic rings. The van der Waals surface area contributed by atoms with Gasteiger partial charge in [0.05, 0.1) is 6.21 Å². The van der Waals surface area contributed by atoms with Crippen molar-refractivity contribution < 1.29 is 0 Å². The third-order valence-electron chi connectivity index (χ3n) is 1.57. The van der Waals surface area contributed by atoms with Crippen molar-refractivity contribution in [2.75, 3.05) is 5.43 Å². The van der Waals surface area contributed by atoms with Crippen molar-refractivity contribution in [3.63, 3.8) is 0 Å². The normalized spacial score (nSPS) is 10.7. The number of aromatic amines is 1. The molecule has 0 atom stereocenters. The van der Waals surface area contributed by atoms with Crippen molar-refractivity contribution in [1.29, 1.82) is 0 Å². The summed E-state index contributed by atoms with van der Waals surface area (Å²) in [6.07, 6.45) is 1.67. The topological polar surface area (TPSA) is 78.9 Å². The van der Waals surface area contributed by atoms with Crippen LogP contribution in [0.15, 0.2) is 33.8 Å². The van der Waals surface area contributed by atoms with E-state index in [9.17, 15) is 0 Å². The molecule has 7 heteroatoms. The highest BCUT2D eigenvalue weighted by Gasteiger charge is 1.92. The van der Waals surface area contributed by atoms with Crippen molar-refractivity contribution >= 4 is 28.1 Å². The molecule has 0 aliphatic carbocycles. The SMILES string of the molecule is Brc1cccc(C=NNc2nn[nH]n2)c1. The maximum absolute atomic E-state index is 3.94. The molecule has 2 N–H and O–H groups in total. The average Bonchev–Trinajstić information content (AvgIpc) is 2.71. The van der Waals surface area contributed by atoms with Crippen molar-refractivity contribution in [3.05, 3.63) is 34.3 Å². The van der Waals surface area contributed by atoms with Gasteiger partial charge in [-0.3, -0.25) is 0 Å². The first-order valence-electron chi connectivity index (χ1n) is 4.13. The van der Waals surface area contributed by atoms with Crippen LogP contribution in [-0.4, -0.2) is 26.8 Å². The Morgan fingerprint density at radius 3 is 3.13 bits per heavy atom. The zero-order valence-electron chi connectivity index (χ0n) is 7.55. The van der Waals surface area contributed by atoms with Crippen molar-refractivity contribution in [1.82, 2.24) is 20.6 Å². The summed E-state index contributed by atoms with van der Waals surface area (Å²) in [6, 6.07) is 7.76. The Balaban J connectivity index is 2.00. The summed E-state index contributed by atoms with van der Waals surface area (Å²) in [5, 5.41) is 17.0. The minimum Gasteiger partial charge on any atom is -0.243 e. The number of halogens is 1. The summed E-state index contributed by atoms with van der Waals surface area (Å²) in [5.41, 5.74) is 3.60. The molecule has 2 rings (SSSR count). The number of H-pyrrole nitrogens is 1. The smallest absolute Gasteiger partial charge is 0.243 e. The van der Waals surface area contributed by atoms with Crippen LogP contribution in [0.4, 0.5) is 5.95 Å². The van der Waals surface area contributed by atoms with E-state index in [1.807, 2.05) is 24.3 Å². The van der Waals surface area contributed by atoms with Crippen LogP contribution in [0.25, 0.3) is 0 Å². The lowest BCUT2D eigenvalue weighted by atomic mass is 10.2. The number of hydrazone groups is 1. The Labute approximate surface area is 93.9 Å². The summed E-state index contributed by atoms with van der Waals surface area (Å²) in [6.45, 7) is 0. The van der Waals surface area contributed by atoms with E-state index in [-0.39, 0.29) is 0 Å². The van der Waals surface area contributed by atoms with Gasteiger partial charge >= 0.3 is 0 Å². The maximum atomic E-state index is 3.94. The number of anilines is 1. The molecule has 76 valence electrons. The molecule has 15 heavy (non-hydrogen) atoms. The van der Waals surface area contributed by atoms with Gasteiger partial charge in [0.15, 0.2) is 0 Å². The lowest BCUT2D eigenvalue weighted by Gasteiger charge is -1.93. The largest absolute Gasteiger partial charge is 0.283 e. The summed E-state index contributed by atoms with van der Waals surface area (Å²) in [5.74, 6) is 0.334. The zero-order valence-corrected chi connectivity index (χ0v) is 9.14. The molecule has 0 radical (unpaired) electrons. The third-order valence-corrected chi connectivity index (χ3v) is 2.07. The molecule has 6 nitrogen and oxygen atoms in total. The van der Waals surface area contributed by atoms with Crippen LogP contribution in [-0.2, 0) is 0 Å². The fraction of sp³-hybridized carbons (Fsp3) is 0. The van der Waals surface area contributed by atoms with Crippen LogP contribution >= 0.6 is 15.9 Å². The molecule has 0 aliphatic heterocycles. The Morgan fingerprint density at radius 2 is 2.40 bits per heavy atom. The molecular formula is C8H7BrN6. The van der Waals surface area contributed by atoms with E-state index < -0.39 is 0 Å². The molecule has 0 amide bonds. The van der Waals surface area contributed by atoms with Crippen LogP contribution in [0.5, 0.6) is 0 Å². The predicted octanol–water partition coefficient (Wildman–Crippen LogP) is 1.41. The Hall–Kier alpha value is -1.76. The van der Waals surface area contributed by atoms with Gasteiger partial charge in [0, 0.05) is 4.47 Å². The fourth-order valence-electron chi connectivity index (χ4n) is 0.961. The van der Waals surface area contributed by atoms with Crippen LogP contribution in [0.3, 0.4) is 0 Å². The van der Waals surface area contributed by atoms with E-state index in [2.05, 4.69) is 47.1 Å². The fourth-order valence-corrected chi connectivity index (χ4v) is 1.38. The van der Waals surface area contributed by atoms with E-state index in [4.69, 9.17) is 0 Å². The van der Waals surface area contributed by atoms with Crippen LogP contribution in [0.1, 0.15) is 5.56 Å². The number of tetrazole rings is 1. The van der Waals surface area contributed by atoms with Gasteiger partial charge in [-0.1, -0.05) is 33.2 Å². The lowest BCUT2D eigenvalue weighted by Crippen LogP contribution is -1.92. The van der Waals surface area contributed by atoms with Gasteiger partial charge in [0.25, 0.3) is 5.95 Å². The molecular weight excluding hydrogens is 260 g/mol. The number of hydrogen-bond acceptors (Lipinski definition) is 5. The zero-order chi connectivity index (χ0) is 10.5. The molecule has 1 aromatic carbocycles. The van der Waals surface area contributed by atoms with Gasteiger partial charge < -0.3 is 0 Å². The summed E-state index contributed by atoms with van der Waals surface area (Å²) >= 11 is 3.37. The molecule has 0 unspecified atom stereocenters. The monoisotopic (exact) mass is 266 g/mol. The lowest BCUT2D eigenvalue weighted by molar-refractivity contribution is 0.881. The second-order valence-corrected chi connectivity index (χ2v) is 3.58. The minimum absolute atomic E-state index is 0.334. The van der Waals surface area contributed by atoms with E-state index in [0.717, 1.165) is 10.0 Å². The number of rotatable bonds is 3. The first kappa shape index (κ1) is 9.78. The first-order valence-corrected chi connectivity index (χ1v) is 4.92. The van der Waals surface area contributed by atoms with E-state index in [0.29, 0.717) is 5.95 Å². The number of nitrogens with zero attached hydrogens (tertiary/aromatic N) is 4. The second kappa shape index (κ2) is 4.65. The van der Waals surface area contributed by atoms with Gasteiger partial charge in [-0.2, -0.15) is 10.3 Å². The molecule has 0 fully saturated rings. The third kappa shape index (κ3) is 2.84. The molecule has 0 saturated carbocycles. The van der Waals surface area contributed by atoms with Gasteiger partial charge in [0.2, 0.25) is 0 Å².